The number of hydrogen-bond acceptors (Lipinski definition) is 4. The molecule has 0 N–H and O–H groups in total. The average Bonchev–Trinajstić information content (AvgIpc) is 2.76. The van der Waals surface area contributed by atoms with Crippen molar-refractivity contribution >= 4 is 27.5 Å². The zero-order valence-corrected chi connectivity index (χ0v) is 10.5. The van der Waals surface area contributed by atoms with Crippen LogP contribution >= 0.6 is 27.5 Å². The Labute approximate surface area is 96.4 Å². The predicted octanol–water partition coefficient (Wildman–Crippen LogP) is 2.12. The van der Waals surface area contributed by atoms with Crippen LogP contribution < -0.4 is 4.74 Å². The van der Waals surface area contributed by atoms with E-state index in [2.05, 4.69) is 25.2 Å². The van der Waals surface area contributed by atoms with Gasteiger partial charge < -0.3 is 4.74 Å². The van der Waals surface area contributed by atoms with Gasteiger partial charge in [0.15, 0.2) is 0 Å². The van der Waals surface area contributed by atoms with Crippen molar-refractivity contribution < 1.29 is 4.74 Å². The normalized spacial score (nSPS) is 22.9. The number of likely N-dealkylation sites (tertiary alicyclic amines) is 1. The molecule has 2 heterocycles. The van der Waals surface area contributed by atoms with E-state index in [1.165, 1.54) is 29.4 Å². The van der Waals surface area contributed by atoms with E-state index in [0.717, 1.165) is 19.0 Å². The third kappa shape index (κ3) is 2.46. The monoisotopic (exact) mass is 276 g/mol. The minimum absolute atomic E-state index is 0.664. The van der Waals surface area contributed by atoms with Gasteiger partial charge in [-0.05, 0) is 24.5 Å². The summed E-state index contributed by atoms with van der Waals surface area (Å²) < 4.78 is 9.23. The van der Waals surface area contributed by atoms with Gasteiger partial charge in [0, 0.05) is 28.9 Å². The lowest BCUT2D eigenvalue weighted by atomic mass is 10.4. The van der Waals surface area contributed by atoms with Crippen molar-refractivity contribution in [2.75, 3.05) is 20.2 Å². The fourth-order valence-electron chi connectivity index (χ4n) is 1.61. The lowest BCUT2D eigenvalue weighted by molar-refractivity contribution is 0.335. The molecule has 0 radical (unpaired) electrons. The highest BCUT2D eigenvalue weighted by Gasteiger charge is 2.20. The highest BCUT2D eigenvalue weighted by atomic mass is 79.9. The SMILES string of the molecule is COc1cc(CN2CCC(Br)C2)sn1. The van der Waals surface area contributed by atoms with Gasteiger partial charge >= 0.3 is 0 Å². The molecule has 78 valence electrons. The molecule has 0 spiro atoms. The minimum Gasteiger partial charge on any atom is -0.480 e. The van der Waals surface area contributed by atoms with E-state index in [4.69, 9.17) is 4.74 Å². The molecule has 3 nitrogen and oxygen atoms in total. The molecule has 2 rings (SSSR count). The summed E-state index contributed by atoms with van der Waals surface area (Å²) in [7, 11) is 1.66. The second-order valence-corrected chi connectivity index (χ2v) is 5.64. The number of rotatable bonds is 3. The first-order chi connectivity index (χ1) is 6.78. The molecule has 0 aromatic carbocycles. The maximum absolute atomic E-state index is 5.05. The fraction of sp³-hybridized carbons (Fsp3) is 0.667. The Morgan fingerprint density at radius 2 is 2.64 bits per heavy atom. The van der Waals surface area contributed by atoms with Gasteiger partial charge in [0.1, 0.15) is 0 Å². The molecule has 1 aromatic rings. The summed E-state index contributed by atoms with van der Waals surface area (Å²) in [5, 5.41) is 0. The van der Waals surface area contributed by atoms with Crippen molar-refractivity contribution in [2.45, 2.75) is 17.8 Å². The number of nitrogens with zero attached hydrogens (tertiary/aromatic N) is 2. The van der Waals surface area contributed by atoms with E-state index in [9.17, 15) is 0 Å². The van der Waals surface area contributed by atoms with Crippen LogP contribution in [0.2, 0.25) is 0 Å². The molecule has 1 aromatic heterocycles. The van der Waals surface area contributed by atoms with E-state index >= 15 is 0 Å². The molecule has 1 aliphatic rings. The van der Waals surface area contributed by atoms with Crippen molar-refractivity contribution in [3.8, 4) is 5.88 Å². The van der Waals surface area contributed by atoms with Crippen molar-refractivity contribution in [3.63, 3.8) is 0 Å². The van der Waals surface area contributed by atoms with E-state index in [1.807, 2.05) is 6.07 Å². The lowest BCUT2D eigenvalue weighted by Gasteiger charge is -2.12. The topological polar surface area (TPSA) is 25.4 Å². The second-order valence-electron chi connectivity index (χ2n) is 3.46. The standard InChI is InChI=1S/C9H13BrN2OS/c1-13-9-4-8(14-11-9)6-12-3-2-7(10)5-12/h4,7H,2-3,5-6H2,1H3. The Balaban J connectivity index is 1.90. The van der Waals surface area contributed by atoms with Crippen molar-refractivity contribution in [3.05, 3.63) is 10.9 Å². The van der Waals surface area contributed by atoms with Gasteiger partial charge in [-0.15, -0.1) is 0 Å². The third-order valence-corrected chi connectivity index (χ3v) is 3.84. The second kappa shape index (κ2) is 4.59. The number of halogens is 1. The Hall–Kier alpha value is -0.130. The molecule has 5 heteroatoms. The molecule has 0 saturated carbocycles. The quantitative estimate of drug-likeness (QED) is 0.791. The van der Waals surface area contributed by atoms with E-state index < -0.39 is 0 Å². The fourth-order valence-corrected chi connectivity index (χ4v) is 2.96. The van der Waals surface area contributed by atoms with Gasteiger partial charge in [-0.25, -0.2) is 0 Å². The zero-order chi connectivity index (χ0) is 9.97. The van der Waals surface area contributed by atoms with Gasteiger partial charge in [0.2, 0.25) is 5.88 Å². The van der Waals surface area contributed by atoms with Crippen LogP contribution in [0.4, 0.5) is 0 Å². The molecule has 0 bridgehead atoms. The molecular formula is C9H13BrN2OS. The van der Waals surface area contributed by atoms with Crippen LogP contribution in [0.15, 0.2) is 6.07 Å². The molecule has 1 aliphatic heterocycles. The number of methoxy groups -OCH3 is 1. The molecule has 0 aliphatic carbocycles. The predicted molar refractivity (Wildman–Crippen MR) is 61.3 cm³/mol. The van der Waals surface area contributed by atoms with E-state index in [-0.39, 0.29) is 0 Å². The zero-order valence-electron chi connectivity index (χ0n) is 8.07. The maximum Gasteiger partial charge on any atom is 0.225 e. The Bertz CT molecular complexity index is 305. The van der Waals surface area contributed by atoms with Crippen molar-refractivity contribution in [1.82, 2.24) is 9.27 Å². The summed E-state index contributed by atoms with van der Waals surface area (Å²) >= 11 is 5.16. The van der Waals surface area contributed by atoms with Crippen LogP contribution in [0.25, 0.3) is 0 Å². The first kappa shape index (κ1) is 10.4. The summed E-state index contributed by atoms with van der Waals surface area (Å²) in [6.07, 6.45) is 1.25. The molecule has 0 amide bonds. The molecule has 1 fully saturated rings. The molecule has 14 heavy (non-hydrogen) atoms. The number of alkyl halides is 1. The minimum atomic E-state index is 0.664. The van der Waals surface area contributed by atoms with Crippen molar-refractivity contribution in [2.24, 2.45) is 0 Å². The molecule has 1 atom stereocenters. The van der Waals surface area contributed by atoms with Crippen molar-refractivity contribution in [1.29, 1.82) is 0 Å². The van der Waals surface area contributed by atoms with E-state index in [1.54, 1.807) is 7.11 Å². The Morgan fingerprint density at radius 3 is 3.21 bits per heavy atom. The van der Waals surface area contributed by atoms with Gasteiger partial charge in [0.05, 0.1) is 7.11 Å². The average molecular weight is 277 g/mol. The third-order valence-electron chi connectivity index (χ3n) is 2.34. The lowest BCUT2D eigenvalue weighted by Crippen LogP contribution is -2.19. The first-order valence-electron chi connectivity index (χ1n) is 4.64. The van der Waals surface area contributed by atoms with Crippen LogP contribution in [-0.2, 0) is 6.54 Å². The van der Waals surface area contributed by atoms with Gasteiger partial charge in [-0.1, -0.05) is 15.9 Å². The summed E-state index contributed by atoms with van der Waals surface area (Å²) in [4.78, 5) is 4.38. The Kier molecular flexibility index (Phi) is 3.41. The highest BCUT2D eigenvalue weighted by Crippen LogP contribution is 2.22. The smallest absolute Gasteiger partial charge is 0.225 e. The van der Waals surface area contributed by atoms with Gasteiger partial charge in [-0.3, -0.25) is 4.90 Å². The largest absolute Gasteiger partial charge is 0.480 e. The Morgan fingerprint density at radius 1 is 1.79 bits per heavy atom. The summed E-state index contributed by atoms with van der Waals surface area (Å²) in [6.45, 7) is 3.32. The first-order valence-corrected chi connectivity index (χ1v) is 6.33. The summed E-state index contributed by atoms with van der Waals surface area (Å²) in [5.74, 6) is 0.736. The summed E-state index contributed by atoms with van der Waals surface area (Å²) in [6, 6.07) is 2.02. The molecule has 1 saturated heterocycles. The van der Waals surface area contributed by atoms with Crippen LogP contribution in [0.1, 0.15) is 11.3 Å². The van der Waals surface area contributed by atoms with Crippen LogP contribution in [-0.4, -0.2) is 34.3 Å². The molecular weight excluding hydrogens is 264 g/mol. The van der Waals surface area contributed by atoms with Crippen LogP contribution in [0.5, 0.6) is 5.88 Å². The summed E-state index contributed by atoms with van der Waals surface area (Å²) in [5.41, 5.74) is 0. The highest BCUT2D eigenvalue weighted by molar-refractivity contribution is 9.09. The number of hydrogen-bond donors (Lipinski definition) is 0. The van der Waals surface area contributed by atoms with Crippen LogP contribution in [0, 0.1) is 0 Å². The molecule has 1 unspecified atom stereocenters. The number of ether oxygens (including phenoxy) is 1. The van der Waals surface area contributed by atoms with E-state index in [0.29, 0.717) is 4.83 Å². The van der Waals surface area contributed by atoms with Gasteiger partial charge in [-0.2, -0.15) is 4.37 Å². The van der Waals surface area contributed by atoms with Gasteiger partial charge in [0.25, 0.3) is 0 Å². The maximum atomic E-state index is 5.05. The number of aromatic nitrogens is 1. The van der Waals surface area contributed by atoms with Crippen LogP contribution in [0.3, 0.4) is 0 Å².